The molecule has 2 aromatic rings. The predicted molar refractivity (Wildman–Crippen MR) is 82.7 cm³/mol. The van der Waals surface area contributed by atoms with Crippen molar-refractivity contribution < 1.29 is 9.59 Å². The minimum Gasteiger partial charge on any atom is -0.351 e. The number of hydrogen-bond donors (Lipinski definition) is 3. The molecular formula is C15H17N5O2. The second kappa shape index (κ2) is 5.51. The van der Waals surface area contributed by atoms with Gasteiger partial charge in [0.1, 0.15) is 0 Å². The fourth-order valence-electron chi connectivity index (χ4n) is 2.64. The molecular weight excluding hydrogens is 282 g/mol. The highest BCUT2D eigenvalue weighted by molar-refractivity contribution is 5.95. The Morgan fingerprint density at radius 1 is 1.41 bits per heavy atom. The number of anilines is 2. The molecule has 22 heavy (non-hydrogen) atoms. The number of nitrogens with one attached hydrogen (secondary N) is 2. The number of amides is 3. The highest BCUT2D eigenvalue weighted by Gasteiger charge is 2.23. The normalized spacial score (nSPS) is 13.0. The van der Waals surface area contributed by atoms with Gasteiger partial charge in [0.2, 0.25) is 5.91 Å². The molecule has 3 rings (SSSR count). The summed E-state index contributed by atoms with van der Waals surface area (Å²) in [7, 11) is 0. The van der Waals surface area contributed by atoms with Crippen LogP contribution in [0.1, 0.15) is 17.0 Å². The van der Waals surface area contributed by atoms with E-state index >= 15 is 0 Å². The van der Waals surface area contributed by atoms with Gasteiger partial charge in [0.25, 0.3) is 0 Å². The van der Waals surface area contributed by atoms with Crippen LogP contribution < -0.4 is 16.0 Å². The Kier molecular flexibility index (Phi) is 3.54. The molecule has 3 amide bonds. The quantitative estimate of drug-likeness (QED) is 0.796. The largest absolute Gasteiger partial charge is 0.351 e. The lowest BCUT2D eigenvalue weighted by Crippen LogP contribution is -2.33. The van der Waals surface area contributed by atoms with E-state index < -0.39 is 6.03 Å². The van der Waals surface area contributed by atoms with Crippen molar-refractivity contribution in [3.63, 3.8) is 0 Å². The van der Waals surface area contributed by atoms with Crippen molar-refractivity contribution in [2.45, 2.75) is 19.8 Å². The molecule has 0 spiro atoms. The summed E-state index contributed by atoms with van der Waals surface area (Å²) in [6.45, 7) is 2.47. The maximum absolute atomic E-state index is 12.0. The van der Waals surface area contributed by atoms with E-state index in [1.165, 1.54) is 4.90 Å². The van der Waals surface area contributed by atoms with Gasteiger partial charge in [-0.2, -0.15) is 5.10 Å². The number of aromatic amines is 1. The maximum atomic E-state index is 12.0. The lowest BCUT2D eigenvalue weighted by atomic mass is 10.1. The van der Waals surface area contributed by atoms with Gasteiger partial charge < -0.3 is 11.1 Å². The van der Waals surface area contributed by atoms with Crippen molar-refractivity contribution in [3.05, 3.63) is 41.2 Å². The Labute approximate surface area is 127 Å². The number of hydrogen-bond acceptors (Lipinski definition) is 3. The summed E-state index contributed by atoms with van der Waals surface area (Å²) < 4.78 is 0. The summed E-state index contributed by atoms with van der Waals surface area (Å²) in [6.07, 6.45) is 0.954. The third-order valence-electron chi connectivity index (χ3n) is 3.63. The summed E-state index contributed by atoms with van der Waals surface area (Å²) in [5, 5.41) is 9.69. The molecule has 0 fully saturated rings. The molecule has 4 N–H and O–H groups in total. The summed E-state index contributed by atoms with van der Waals surface area (Å²) >= 11 is 0. The molecule has 114 valence electrons. The summed E-state index contributed by atoms with van der Waals surface area (Å²) in [4.78, 5) is 24.9. The fourth-order valence-corrected chi connectivity index (χ4v) is 2.64. The van der Waals surface area contributed by atoms with Crippen molar-refractivity contribution in [2.75, 3.05) is 16.8 Å². The second-order valence-corrected chi connectivity index (χ2v) is 5.35. The van der Waals surface area contributed by atoms with E-state index in [9.17, 15) is 9.59 Å². The Balaban J connectivity index is 1.69. The maximum Gasteiger partial charge on any atom is 0.319 e. The van der Waals surface area contributed by atoms with Crippen molar-refractivity contribution in [1.82, 2.24) is 10.2 Å². The molecule has 0 atom stereocenters. The third-order valence-corrected chi connectivity index (χ3v) is 3.63. The van der Waals surface area contributed by atoms with Crippen LogP contribution in [0, 0.1) is 6.92 Å². The first-order chi connectivity index (χ1) is 10.5. The molecule has 7 nitrogen and oxygen atoms in total. The summed E-state index contributed by atoms with van der Waals surface area (Å²) in [6, 6.07) is 6.85. The zero-order valence-corrected chi connectivity index (χ0v) is 12.2. The van der Waals surface area contributed by atoms with Crippen LogP contribution in [-0.2, 0) is 17.6 Å². The van der Waals surface area contributed by atoms with E-state index in [-0.39, 0.29) is 12.3 Å². The molecule has 0 saturated carbocycles. The number of fused-ring (bicyclic) bond motifs is 1. The average molecular weight is 299 g/mol. The van der Waals surface area contributed by atoms with Gasteiger partial charge >= 0.3 is 6.03 Å². The third kappa shape index (κ3) is 2.78. The van der Waals surface area contributed by atoms with Crippen molar-refractivity contribution in [1.29, 1.82) is 0 Å². The van der Waals surface area contributed by atoms with E-state index in [4.69, 9.17) is 5.73 Å². The molecule has 0 radical (unpaired) electrons. The van der Waals surface area contributed by atoms with Gasteiger partial charge in [-0.05, 0) is 43.2 Å². The van der Waals surface area contributed by atoms with E-state index in [0.29, 0.717) is 17.9 Å². The van der Waals surface area contributed by atoms with Crippen LogP contribution in [0.2, 0.25) is 0 Å². The Morgan fingerprint density at radius 2 is 2.23 bits per heavy atom. The first-order valence-corrected chi connectivity index (χ1v) is 7.03. The number of aryl methyl sites for hydroxylation is 1. The fraction of sp³-hybridized carbons (Fsp3) is 0.267. The highest BCUT2D eigenvalue weighted by atomic mass is 16.2. The zero-order chi connectivity index (χ0) is 15.7. The number of carbonyl (C=O) groups excluding carboxylic acids is 2. The zero-order valence-electron chi connectivity index (χ0n) is 12.2. The molecule has 2 heterocycles. The van der Waals surface area contributed by atoms with Crippen LogP contribution in [0.15, 0.2) is 24.3 Å². The van der Waals surface area contributed by atoms with Gasteiger partial charge in [0, 0.05) is 23.6 Å². The number of rotatable bonds is 3. The first kappa shape index (κ1) is 14.1. The van der Waals surface area contributed by atoms with Crippen molar-refractivity contribution in [2.24, 2.45) is 5.73 Å². The standard InChI is InChI=1S/C15H17N5O2/c1-9-6-12(19-18-9)8-14(21)17-11-2-3-13-10(7-11)4-5-20(13)15(16)22/h2-3,6-7H,4-5,8H2,1H3,(H2,16,22)(H,17,21)(H,18,19). The van der Waals surface area contributed by atoms with Crippen LogP contribution in [0.3, 0.4) is 0 Å². The lowest BCUT2D eigenvalue weighted by molar-refractivity contribution is -0.115. The van der Waals surface area contributed by atoms with Gasteiger partial charge in [-0.15, -0.1) is 0 Å². The minimum absolute atomic E-state index is 0.129. The van der Waals surface area contributed by atoms with Gasteiger partial charge in [-0.3, -0.25) is 14.8 Å². The molecule has 1 aromatic carbocycles. The highest BCUT2D eigenvalue weighted by Crippen LogP contribution is 2.30. The number of carbonyl (C=O) groups is 2. The predicted octanol–water partition coefficient (Wildman–Crippen LogP) is 1.34. The average Bonchev–Trinajstić information content (AvgIpc) is 3.04. The summed E-state index contributed by atoms with van der Waals surface area (Å²) in [5.74, 6) is -0.129. The monoisotopic (exact) mass is 299 g/mol. The Morgan fingerprint density at radius 3 is 2.91 bits per heavy atom. The van der Waals surface area contributed by atoms with Crippen LogP contribution >= 0.6 is 0 Å². The molecule has 0 bridgehead atoms. The van der Waals surface area contributed by atoms with Gasteiger partial charge in [-0.25, -0.2) is 4.79 Å². The topological polar surface area (TPSA) is 104 Å². The van der Waals surface area contributed by atoms with Crippen LogP contribution in [0.4, 0.5) is 16.2 Å². The molecule has 0 saturated heterocycles. The smallest absolute Gasteiger partial charge is 0.319 e. The Hall–Kier alpha value is -2.83. The van der Waals surface area contributed by atoms with Gasteiger partial charge in [0.15, 0.2) is 0 Å². The molecule has 1 aromatic heterocycles. The van der Waals surface area contributed by atoms with Crippen LogP contribution in [0.5, 0.6) is 0 Å². The van der Waals surface area contributed by atoms with Crippen LogP contribution in [-0.4, -0.2) is 28.7 Å². The first-order valence-electron chi connectivity index (χ1n) is 7.03. The SMILES string of the molecule is Cc1cc(CC(=O)Nc2ccc3c(c2)CCN3C(N)=O)n[nH]1. The van der Waals surface area contributed by atoms with E-state index in [2.05, 4.69) is 15.5 Å². The van der Waals surface area contributed by atoms with Crippen molar-refractivity contribution >= 4 is 23.3 Å². The number of H-pyrrole nitrogens is 1. The second-order valence-electron chi connectivity index (χ2n) is 5.35. The lowest BCUT2D eigenvalue weighted by Gasteiger charge is -2.14. The molecule has 7 heteroatoms. The summed E-state index contributed by atoms with van der Waals surface area (Å²) in [5.41, 5.74) is 9.48. The molecule has 0 aliphatic carbocycles. The number of primary amides is 1. The molecule has 0 unspecified atom stereocenters. The Bertz CT molecular complexity index is 737. The molecule has 1 aliphatic rings. The van der Waals surface area contributed by atoms with E-state index in [1.54, 1.807) is 12.1 Å². The number of urea groups is 1. The van der Waals surface area contributed by atoms with Crippen molar-refractivity contribution in [3.8, 4) is 0 Å². The number of nitrogens with zero attached hydrogens (tertiary/aromatic N) is 2. The number of benzene rings is 1. The van der Waals surface area contributed by atoms with Gasteiger partial charge in [0.05, 0.1) is 12.1 Å². The number of aromatic nitrogens is 2. The van der Waals surface area contributed by atoms with E-state index in [1.807, 2.05) is 19.1 Å². The number of nitrogens with two attached hydrogens (primary N) is 1. The van der Waals surface area contributed by atoms with Crippen LogP contribution in [0.25, 0.3) is 0 Å². The molecule has 1 aliphatic heterocycles. The van der Waals surface area contributed by atoms with Gasteiger partial charge in [-0.1, -0.05) is 0 Å². The van der Waals surface area contributed by atoms with E-state index in [0.717, 1.165) is 23.4 Å². The minimum atomic E-state index is -0.454.